The summed E-state index contributed by atoms with van der Waals surface area (Å²) in [5.74, 6) is 1.98. The Hall–Kier alpha value is -3.01. The highest BCUT2D eigenvalue weighted by Gasteiger charge is 2.43. The molecule has 0 radical (unpaired) electrons. The number of rotatable bonds is 12. The quantitative estimate of drug-likeness (QED) is 0.293. The number of hydrogen-bond donors (Lipinski definition) is 2. The number of nitrogens with one attached hydrogen (secondary N) is 2. The molecule has 0 aromatic heterocycles. The highest BCUT2D eigenvalue weighted by Crippen LogP contribution is 2.35. The molecular weight excluding hydrogens is 466 g/mol. The van der Waals surface area contributed by atoms with Crippen molar-refractivity contribution in [2.45, 2.75) is 110 Å². The number of ether oxygens (including phenoxy) is 1. The van der Waals surface area contributed by atoms with Crippen molar-refractivity contribution >= 4 is 17.9 Å². The molecule has 1 aromatic rings. The highest BCUT2D eigenvalue weighted by atomic mass is 16.6. The molecule has 2 N–H and O–H groups in total. The van der Waals surface area contributed by atoms with Crippen LogP contribution in [0.3, 0.4) is 0 Å². The molecule has 7 heteroatoms. The average Bonchev–Trinajstić information content (AvgIpc) is 2.82. The van der Waals surface area contributed by atoms with Crippen LogP contribution in [-0.4, -0.2) is 47.0 Å². The first-order valence-electron chi connectivity index (χ1n) is 13.7. The average molecular weight is 512 g/mol. The van der Waals surface area contributed by atoms with Gasteiger partial charge in [0.25, 0.3) is 0 Å². The standard InChI is InChI=1S/C30H45N3O4/c1-8-11-14-20-31-27(34)26(24-19-13-12-16-22(24)10-3)33(23-17-15-18-23)28(35)25(21(4)9-2)32-29(36)37-30(5,6)7/h3,12-13,16,19,21,23,25-26H,8-9,11,14-15,17-18,20H2,1-2,4-7H3,(H,31,34)(H,32,36). The Kier molecular flexibility index (Phi) is 11.5. The summed E-state index contributed by atoms with van der Waals surface area (Å²) in [5.41, 5.74) is 0.500. The van der Waals surface area contributed by atoms with E-state index in [4.69, 9.17) is 11.2 Å². The first-order chi connectivity index (χ1) is 17.5. The molecular formula is C30H45N3O4. The molecule has 0 saturated heterocycles. The minimum absolute atomic E-state index is 0.114. The summed E-state index contributed by atoms with van der Waals surface area (Å²) in [7, 11) is 0. The number of carbonyl (C=O) groups is 3. The van der Waals surface area contributed by atoms with E-state index in [1.807, 2.05) is 32.0 Å². The molecule has 0 spiro atoms. The second-order valence-corrected chi connectivity index (χ2v) is 11.0. The minimum Gasteiger partial charge on any atom is -0.444 e. The van der Waals surface area contributed by atoms with Crippen LogP contribution in [0.25, 0.3) is 0 Å². The van der Waals surface area contributed by atoms with Gasteiger partial charge in [-0.2, -0.15) is 0 Å². The van der Waals surface area contributed by atoms with Crippen molar-refractivity contribution in [3.8, 4) is 12.3 Å². The normalized spacial score (nSPS) is 15.9. The van der Waals surface area contributed by atoms with E-state index in [2.05, 4.69) is 23.5 Å². The zero-order valence-electron chi connectivity index (χ0n) is 23.4. The van der Waals surface area contributed by atoms with Crippen molar-refractivity contribution in [2.24, 2.45) is 5.92 Å². The van der Waals surface area contributed by atoms with Gasteiger partial charge >= 0.3 is 6.09 Å². The molecule has 0 aliphatic heterocycles. The fourth-order valence-electron chi connectivity index (χ4n) is 4.43. The van der Waals surface area contributed by atoms with Gasteiger partial charge in [-0.3, -0.25) is 9.59 Å². The lowest BCUT2D eigenvalue weighted by Gasteiger charge is -2.44. The van der Waals surface area contributed by atoms with Gasteiger partial charge in [0.05, 0.1) is 0 Å². The van der Waals surface area contributed by atoms with Gasteiger partial charge in [0.15, 0.2) is 0 Å². The maximum absolute atomic E-state index is 14.3. The Bertz CT molecular complexity index is 958. The number of amides is 3. The largest absolute Gasteiger partial charge is 0.444 e. The minimum atomic E-state index is -0.890. The molecule has 2 rings (SSSR count). The van der Waals surface area contributed by atoms with Crippen molar-refractivity contribution in [2.75, 3.05) is 6.54 Å². The molecule has 0 heterocycles. The zero-order valence-corrected chi connectivity index (χ0v) is 23.4. The van der Waals surface area contributed by atoms with E-state index in [0.717, 1.165) is 38.5 Å². The topological polar surface area (TPSA) is 87.7 Å². The molecule has 0 bridgehead atoms. The van der Waals surface area contributed by atoms with Crippen molar-refractivity contribution in [3.05, 3.63) is 35.4 Å². The molecule has 1 saturated carbocycles. The van der Waals surface area contributed by atoms with Gasteiger partial charge in [0.1, 0.15) is 17.7 Å². The Labute approximate surface area is 223 Å². The molecule has 1 aliphatic rings. The lowest BCUT2D eigenvalue weighted by molar-refractivity contribution is -0.148. The monoisotopic (exact) mass is 511 g/mol. The predicted octanol–water partition coefficient (Wildman–Crippen LogP) is 5.34. The third-order valence-electron chi connectivity index (χ3n) is 6.89. The van der Waals surface area contributed by atoms with Crippen molar-refractivity contribution in [1.29, 1.82) is 0 Å². The van der Waals surface area contributed by atoms with Gasteiger partial charge in [-0.15, -0.1) is 6.42 Å². The summed E-state index contributed by atoms with van der Waals surface area (Å²) in [6, 6.07) is 5.44. The van der Waals surface area contributed by atoms with Crippen LogP contribution in [0.15, 0.2) is 24.3 Å². The van der Waals surface area contributed by atoms with Crippen LogP contribution < -0.4 is 10.6 Å². The summed E-state index contributed by atoms with van der Waals surface area (Å²) < 4.78 is 5.47. The second kappa shape index (κ2) is 14.1. The van der Waals surface area contributed by atoms with E-state index < -0.39 is 23.8 Å². The third-order valence-corrected chi connectivity index (χ3v) is 6.89. The highest BCUT2D eigenvalue weighted by molar-refractivity contribution is 5.93. The molecule has 37 heavy (non-hydrogen) atoms. The second-order valence-electron chi connectivity index (χ2n) is 11.0. The fraction of sp³-hybridized carbons (Fsp3) is 0.633. The van der Waals surface area contributed by atoms with Gasteiger partial charge < -0.3 is 20.3 Å². The zero-order chi connectivity index (χ0) is 27.6. The summed E-state index contributed by atoms with van der Waals surface area (Å²) >= 11 is 0. The summed E-state index contributed by atoms with van der Waals surface area (Å²) in [4.78, 5) is 42.5. The van der Waals surface area contributed by atoms with Gasteiger partial charge in [0.2, 0.25) is 11.8 Å². The smallest absolute Gasteiger partial charge is 0.408 e. The van der Waals surface area contributed by atoms with E-state index in [1.54, 1.807) is 31.7 Å². The summed E-state index contributed by atoms with van der Waals surface area (Å²) in [5, 5.41) is 5.86. The molecule has 1 aliphatic carbocycles. The molecule has 1 fully saturated rings. The van der Waals surface area contributed by atoms with E-state index in [0.29, 0.717) is 24.1 Å². The van der Waals surface area contributed by atoms with Crippen molar-refractivity contribution < 1.29 is 19.1 Å². The summed E-state index contributed by atoms with van der Waals surface area (Å²) in [6.07, 6.45) is 11.3. The van der Waals surface area contributed by atoms with Crippen LogP contribution >= 0.6 is 0 Å². The Morgan fingerprint density at radius 1 is 1.16 bits per heavy atom. The number of alkyl carbamates (subject to hydrolysis) is 1. The van der Waals surface area contributed by atoms with Gasteiger partial charge in [-0.1, -0.05) is 64.2 Å². The Balaban J connectivity index is 2.51. The van der Waals surface area contributed by atoms with E-state index in [1.165, 1.54) is 0 Å². The van der Waals surface area contributed by atoms with E-state index in [9.17, 15) is 14.4 Å². The number of unbranched alkanes of at least 4 members (excludes halogenated alkanes) is 2. The maximum Gasteiger partial charge on any atom is 0.408 e. The third kappa shape index (κ3) is 8.52. The number of hydrogen-bond acceptors (Lipinski definition) is 4. The van der Waals surface area contributed by atoms with Gasteiger partial charge in [-0.05, 0) is 64.0 Å². The SMILES string of the molecule is C#Cc1ccccc1C(C(=O)NCCCCC)N(C(=O)C(NC(=O)OC(C)(C)C)C(C)CC)C1CCC1. The first-order valence-corrected chi connectivity index (χ1v) is 13.7. The lowest BCUT2D eigenvalue weighted by atomic mass is 9.86. The van der Waals surface area contributed by atoms with Crippen molar-refractivity contribution in [1.82, 2.24) is 15.5 Å². The Morgan fingerprint density at radius 2 is 1.84 bits per heavy atom. The molecule has 3 amide bonds. The Morgan fingerprint density at radius 3 is 2.38 bits per heavy atom. The van der Waals surface area contributed by atoms with Crippen LogP contribution in [0.1, 0.15) is 104 Å². The molecule has 204 valence electrons. The van der Waals surface area contributed by atoms with Gasteiger partial charge in [-0.25, -0.2) is 4.79 Å². The van der Waals surface area contributed by atoms with Crippen LogP contribution in [0.2, 0.25) is 0 Å². The van der Waals surface area contributed by atoms with Crippen LogP contribution in [0, 0.1) is 18.3 Å². The van der Waals surface area contributed by atoms with Crippen LogP contribution in [0.5, 0.6) is 0 Å². The molecule has 1 aromatic carbocycles. The van der Waals surface area contributed by atoms with Crippen LogP contribution in [0.4, 0.5) is 4.79 Å². The van der Waals surface area contributed by atoms with Crippen LogP contribution in [-0.2, 0) is 14.3 Å². The molecule has 3 atom stereocenters. The number of carbonyl (C=O) groups excluding carboxylic acids is 3. The fourth-order valence-corrected chi connectivity index (χ4v) is 4.43. The van der Waals surface area contributed by atoms with E-state index >= 15 is 0 Å². The summed E-state index contributed by atoms with van der Waals surface area (Å²) in [6.45, 7) is 11.9. The van der Waals surface area contributed by atoms with Crippen molar-refractivity contribution in [3.63, 3.8) is 0 Å². The van der Waals surface area contributed by atoms with Gasteiger partial charge in [0, 0.05) is 18.2 Å². The predicted molar refractivity (Wildman–Crippen MR) is 147 cm³/mol. The molecule has 3 unspecified atom stereocenters. The number of benzene rings is 1. The molecule has 7 nitrogen and oxygen atoms in total. The number of terminal acetylenes is 1. The van der Waals surface area contributed by atoms with E-state index in [-0.39, 0.29) is 23.8 Å². The number of nitrogens with zero attached hydrogens (tertiary/aromatic N) is 1. The lowest BCUT2D eigenvalue weighted by Crippen LogP contribution is -2.59. The first kappa shape index (κ1) is 30.2. The maximum atomic E-state index is 14.3.